The van der Waals surface area contributed by atoms with Gasteiger partial charge in [0.2, 0.25) is 10.0 Å². The van der Waals surface area contributed by atoms with E-state index in [0.29, 0.717) is 5.02 Å². The first kappa shape index (κ1) is 16.9. The zero-order valence-corrected chi connectivity index (χ0v) is 14.4. The second kappa shape index (κ2) is 6.50. The Labute approximate surface area is 144 Å². The van der Waals surface area contributed by atoms with E-state index in [1.165, 1.54) is 27.3 Å². The minimum absolute atomic E-state index is 0.105. The van der Waals surface area contributed by atoms with Crippen LogP contribution in [0.5, 0.6) is 0 Å². The number of aromatic nitrogens is 3. The molecule has 0 amide bonds. The molecule has 2 heterocycles. The number of rotatable bonds is 5. The molecular formula is C14H15ClN4O4S. The van der Waals surface area contributed by atoms with Crippen LogP contribution in [0.25, 0.3) is 0 Å². The fourth-order valence-electron chi connectivity index (χ4n) is 2.31. The molecule has 3 rings (SSSR count). The number of ether oxygens (including phenoxy) is 1. The van der Waals surface area contributed by atoms with E-state index >= 15 is 0 Å². The number of sulfonamides is 1. The summed E-state index contributed by atoms with van der Waals surface area (Å²) in [4.78, 5) is 11.7. The summed E-state index contributed by atoms with van der Waals surface area (Å²) in [7, 11) is -3.59. The number of hydrogen-bond acceptors (Lipinski definition) is 6. The molecule has 2 aromatic rings. The highest BCUT2D eigenvalue weighted by Gasteiger charge is 2.38. The van der Waals surface area contributed by atoms with Gasteiger partial charge in [-0.2, -0.15) is 4.31 Å². The van der Waals surface area contributed by atoms with E-state index in [1.807, 2.05) is 0 Å². The van der Waals surface area contributed by atoms with E-state index in [0.717, 1.165) is 0 Å². The Bertz CT molecular complexity index is 861. The van der Waals surface area contributed by atoms with Crippen LogP contribution >= 0.6 is 11.6 Å². The van der Waals surface area contributed by atoms with Crippen molar-refractivity contribution in [1.82, 2.24) is 19.3 Å². The van der Waals surface area contributed by atoms with Gasteiger partial charge in [-0.3, -0.25) is 0 Å². The van der Waals surface area contributed by atoms with E-state index in [9.17, 15) is 13.2 Å². The first-order valence-electron chi connectivity index (χ1n) is 7.26. The third-order valence-electron chi connectivity index (χ3n) is 3.63. The molecule has 0 saturated carbocycles. The lowest BCUT2D eigenvalue weighted by Gasteiger charge is -2.37. The molecule has 1 aliphatic rings. The van der Waals surface area contributed by atoms with Crippen LogP contribution in [0.1, 0.15) is 23.5 Å². The predicted octanol–water partition coefficient (Wildman–Crippen LogP) is 1.35. The van der Waals surface area contributed by atoms with Crippen molar-refractivity contribution >= 4 is 27.6 Å². The molecule has 24 heavy (non-hydrogen) atoms. The average molecular weight is 371 g/mol. The van der Waals surface area contributed by atoms with Crippen LogP contribution in [-0.2, 0) is 14.8 Å². The highest BCUT2D eigenvalue weighted by molar-refractivity contribution is 7.89. The minimum atomic E-state index is -3.59. The molecule has 0 radical (unpaired) electrons. The maximum Gasteiger partial charge on any atom is 0.360 e. The van der Waals surface area contributed by atoms with Crippen molar-refractivity contribution in [3.8, 4) is 0 Å². The van der Waals surface area contributed by atoms with Crippen LogP contribution in [0.15, 0.2) is 35.4 Å². The quantitative estimate of drug-likeness (QED) is 0.737. The Morgan fingerprint density at radius 1 is 1.42 bits per heavy atom. The summed E-state index contributed by atoms with van der Waals surface area (Å²) in [5, 5.41) is 7.98. The van der Waals surface area contributed by atoms with E-state index in [2.05, 4.69) is 10.3 Å². The molecule has 8 nitrogen and oxygen atoms in total. The van der Waals surface area contributed by atoms with Crippen molar-refractivity contribution in [3.05, 3.63) is 41.2 Å². The normalized spacial score (nSPS) is 15.9. The molecule has 1 fully saturated rings. The molecule has 0 aliphatic carbocycles. The van der Waals surface area contributed by atoms with Gasteiger partial charge in [-0.25, -0.2) is 17.9 Å². The number of halogens is 1. The van der Waals surface area contributed by atoms with Crippen molar-refractivity contribution in [2.24, 2.45) is 0 Å². The number of esters is 1. The SMILES string of the molecule is CCOC(=O)c1cn(C2CN(S(=O)(=O)c3cccc(Cl)c3)C2)nn1. The van der Waals surface area contributed by atoms with Crippen LogP contribution in [-0.4, -0.2) is 53.4 Å². The van der Waals surface area contributed by atoms with E-state index in [-0.39, 0.29) is 36.3 Å². The fourth-order valence-corrected chi connectivity index (χ4v) is 4.13. The maximum atomic E-state index is 12.5. The van der Waals surface area contributed by atoms with Gasteiger partial charge in [0.05, 0.1) is 23.7 Å². The molecule has 1 aromatic carbocycles. The molecule has 10 heteroatoms. The topological polar surface area (TPSA) is 94.4 Å². The number of benzene rings is 1. The second-order valence-electron chi connectivity index (χ2n) is 5.24. The molecule has 0 unspecified atom stereocenters. The molecule has 128 valence electrons. The zero-order chi connectivity index (χ0) is 17.3. The standard InChI is InChI=1S/C14H15ClN4O4S/c1-2-23-14(20)13-9-19(17-16-13)11-7-18(8-11)24(21,22)12-5-3-4-10(15)6-12/h3-6,9,11H,2,7-8H2,1H3. The number of nitrogens with zero attached hydrogens (tertiary/aromatic N) is 4. The van der Waals surface area contributed by atoms with Gasteiger partial charge in [-0.15, -0.1) is 5.10 Å². The monoisotopic (exact) mass is 370 g/mol. The minimum Gasteiger partial charge on any atom is -0.461 e. The van der Waals surface area contributed by atoms with Gasteiger partial charge in [0.25, 0.3) is 0 Å². The Morgan fingerprint density at radius 3 is 2.83 bits per heavy atom. The largest absolute Gasteiger partial charge is 0.461 e. The van der Waals surface area contributed by atoms with Crippen molar-refractivity contribution < 1.29 is 17.9 Å². The molecule has 1 aromatic heterocycles. The molecule has 0 bridgehead atoms. The van der Waals surface area contributed by atoms with Gasteiger partial charge < -0.3 is 4.74 Å². The molecule has 1 aliphatic heterocycles. The van der Waals surface area contributed by atoms with Crippen LogP contribution in [0, 0.1) is 0 Å². The summed E-state index contributed by atoms with van der Waals surface area (Å²) in [6, 6.07) is 5.96. The highest BCUT2D eigenvalue weighted by Crippen LogP contribution is 2.28. The van der Waals surface area contributed by atoms with E-state index in [4.69, 9.17) is 16.3 Å². The first-order valence-corrected chi connectivity index (χ1v) is 9.08. The molecule has 0 spiro atoms. The lowest BCUT2D eigenvalue weighted by atomic mass is 10.2. The van der Waals surface area contributed by atoms with Crippen molar-refractivity contribution in [1.29, 1.82) is 0 Å². The highest BCUT2D eigenvalue weighted by atomic mass is 35.5. The molecule has 0 atom stereocenters. The fraction of sp³-hybridized carbons (Fsp3) is 0.357. The van der Waals surface area contributed by atoms with E-state index in [1.54, 1.807) is 19.1 Å². The Balaban J connectivity index is 1.68. The van der Waals surface area contributed by atoms with Crippen LogP contribution in [0.3, 0.4) is 0 Å². The number of carbonyl (C=O) groups excluding carboxylic acids is 1. The Kier molecular flexibility index (Phi) is 4.57. The summed E-state index contributed by atoms with van der Waals surface area (Å²) in [6.45, 7) is 2.45. The lowest BCUT2D eigenvalue weighted by Crippen LogP contribution is -2.50. The summed E-state index contributed by atoms with van der Waals surface area (Å²) in [5.74, 6) is -0.550. The van der Waals surface area contributed by atoms with Gasteiger partial charge >= 0.3 is 5.97 Å². The summed E-state index contributed by atoms with van der Waals surface area (Å²) >= 11 is 5.85. The van der Waals surface area contributed by atoms with Crippen LogP contribution in [0.4, 0.5) is 0 Å². The van der Waals surface area contributed by atoms with Gasteiger partial charge in [0.1, 0.15) is 0 Å². The van der Waals surface area contributed by atoms with Crippen LogP contribution < -0.4 is 0 Å². The van der Waals surface area contributed by atoms with Crippen molar-refractivity contribution in [3.63, 3.8) is 0 Å². The summed E-state index contributed by atoms with van der Waals surface area (Å²) < 4.78 is 32.6. The van der Waals surface area contributed by atoms with Crippen LogP contribution in [0.2, 0.25) is 5.02 Å². The predicted molar refractivity (Wildman–Crippen MR) is 85.2 cm³/mol. The number of hydrogen-bond donors (Lipinski definition) is 0. The van der Waals surface area contributed by atoms with Crippen molar-refractivity contribution in [2.75, 3.05) is 19.7 Å². The Morgan fingerprint density at radius 2 is 2.17 bits per heavy atom. The summed E-state index contributed by atoms with van der Waals surface area (Å²) in [6.07, 6.45) is 1.46. The van der Waals surface area contributed by atoms with Gasteiger partial charge in [-0.05, 0) is 25.1 Å². The zero-order valence-electron chi connectivity index (χ0n) is 12.8. The Hall–Kier alpha value is -1.97. The second-order valence-corrected chi connectivity index (χ2v) is 7.61. The average Bonchev–Trinajstić information content (AvgIpc) is 2.95. The molecule has 1 saturated heterocycles. The molecule has 0 N–H and O–H groups in total. The smallest absolute Gasteiger partial charge is 0.360 e. The lowest BCUT2D eigenvalue weighted by molar-refractivity contribution is 0.0519. The maximum absolute atomic E-state index is 12.5. The van der Waals surface area contributed by atoms with E-state index < -0.39 is 16.0 Å². The number of carbonyl (C=O) groups is 1. The van der Waals surface area contributed by atoms with Gasteiger partial charge in [0, 0.05) is 18.1 Å². The third-order valence-corrected chi connectivity index (χ3v) is 5.69. The third kappa shape index (κ3) is 3.14. The van der Waals surface area contributed by atoms with Gasteiger partial charge in [-0.1, -0.05) is 22.9 Å². The first-order chi connectivity index (χ1) is 11.4. The molecular weight excluding hydrogens is 356 g/mol. The van der Waals surface area contributed by atoms with Gasteiger partial charge in [0.15, 0.2) is 5.69 Å². The van der Waals surface area contributed by atoms with Crippen molar-refractivity contribution in [2.45, 2.75) is 17.9 Å². The summed E-state index contributed by atoms with van der Waals surface area (Å²) in [5.41, 5.74) is 0.105.